The lowest BCUT2D eigenvalue weighted by Crippen LogP contribution is -2.28. The van der Waals surface area contributed by atoms with Gasteiger partial charge in [0.2, 0.25) is 0 Å². The van der Waals surface area contributed by atoms with Gasteiger partial charge in [-0.15, -0.1) is 0 Å². The van der Waals surface area contributed by atoms with Gasteiger partial charge in [0.05, 0.1) is 0 Å². The first kappa shape index (κ1) is 9.23. The summed E-state index contributed by atoms with van der Waals surface area (Å²) in [6, 6.07) is 0. The van der Waals surface area contributed by atoms with Gasteiger partial charge in [0.15, 0.2) is 0 Å². The van der Waals surface area contributed by atoms with Gasteiger partial charge in [0, 0.05) is 0 Å². The number of rotatable bonds is 0. The molecule has 0 aromatic heterocycles. The summed E-state index contributed by atoms with van der Waals surface area (Å²) in [4.78, 5) is 0. The van der Waals surface area contributed by atoms with E-state index in [-0.39, 0.29) is 0 Å². The van der Waals surface area contributed by atoms with E-state index in [2.05, 4.69) is 48.6 Å². The maximum Gasteiger partial charge on any atom is -0.00821 e. The molecule has 0 amide bonds. The molecule has 0 atom stereocenters. The van der Waals surface area contributed by atoms with Gasteiger partial charge in [-0.2, -0.15) is 0 Å². The SMILES string of the molecule is C1=CCc2c3c(c4c(c2=C1)CCC=C4)=CC=C3. The summed E-state index contributed by atoms with van der Waals surface area (Å²) in [5, 5.41) is 2.93. The second-order valence-electron chi connectivity index (χ2n) is 4.88. The van der Waals surface area contributed by atoms with Gasteiger partial charge in [0.25, 0.3) is 0 Å². The van der Waals surface area contributed by atoms with Crippen molar-refractivity contribution < 1.29 is 0 Å². The summed E-state index contributed by atoms with van der Waals surface area (Å²) in [7, 11) is 0. The normalized spacial score (nSPS) is 18.1. The van der Waals surface area contributed by atoms with Crippen LogP contribution in [0.4, 0.5) is 0 Å². The summed E-state index contributed by atoms with van der Waals surface area (Å²) in [6.07, 6.45) is 21.6. The number of hydrogen-bond acceptors (Lipinski definition) is 0. The molecule has 1 aromatic carbocycles. The Morgan fingerprint density at radius 3 is 2.65 bits per heavy atom. The molecular formula is C17H14. The van der Waals surface area contributed by atoms with Crippen LogP contribution >= 0.6 is 0 Å². The van der Waals surface area contributed by atoms with Crippen LogP contribution in [0.2, 0.25) is 0 Å². The van der Waals surface area contributed by atoms with Crippen LogP contribution in [0.15, 0.2) is 24.3 Å². The second-order valence-corrected chi connectivity index (χ2v) is 4.88. The van der Waals surface area contributed by atoms with E-state index in [4.69, 9.17) is 0 Å². The molecule has 82 valence electrons. The average molecular weight is 218 g/mol. The molecule has 17 heavy (non-hydrogen) atoms. The van der Waals surface area contributed by atoms with Gasteiger partial charge >= 0.3 is 0 Å². The van der Waals surface area contributed by atoms with Crippen LogP contribution < -0.4 is 10.4 Å². The summed E-state index contributed by atoms with van der Waals surface area (Å²) in [5.41, 5.74) is 6.00. The first-order valence-electron chi connectivity index (χ1n) is 6.34. The lowest BCUT2D eigenvalue weighted by atomic mass is 9.86. The molecule has 0 unspecified atom stereocenters. The Hall–Kier alpha value is -1.82. The van der Waals surface area contributed by atoms with Crippen LogP contribution in [0.25, 0.3) is 24.3 Å². The molecular weight excluding hydrogens is 204 g/mol. The standard InChI is InChI=1S/C17H14/c1-3-8-14-12(6-1)13-7-2-4-9-15(13)17-11-5-10-16(14)17/h1,3-6,9-11H,2,7-8H2. The van der Waals surface area contributed by atoms with Crippen molar-refractivity contribution in [2.24, 2.45) is 0 Å². The minimum Gasteiger partial charge on any atom is -0.0836 e. The fourth-order valence-electron chi connectivity index (χ4n) is 3.21. The molecule has 4 rings (SSSR count). The number of hydrogen-bond donors (Lipinski definition) is 0. The average Bonchev–Trinajstić information content (AvgIpc) is 2.89. The maximum atomic E-state index is 2.31. The highest BCUT2D eigenvalue weighted by Gasteiger charge is 2.17. The Kier molecular flexibility index (Phi) is 1.81. The molecule has 0 heteroatoms. The van der Waals surface area contributed by atoms with Gasteiger partial charge in [-0.05, 0) is 52.0 Å². The van der Waals surface area contributed by atoms with Crippen molar-refractivity contribution in [2.45, 2.75) is 19.3 Å². The Balaban J connectivity index is 2.24. The molecule has 0 radical (unpaired) electrons. The zero-order chi connectivity index (χ0) is 11.2. The highest BCUT2D eigenvalue weighted by molar-refractivity contribution is 5.77. The van der Waals surface area contributed by atoms with Gasteiger partial charge in [-0.25, -0.2) is 0 Å². The Bertz CT molecular complexity index is 710. The number of allylic oxidation sites excluding steroid dienone is 4. The van der Waals surface area contributed by atoms with Crippen LogP contribution in [-0.4, -0.2) is 0 Å². The Morgan fingerprint density at radius 2 is 1.65 bits per heavy atom. The van der Waals surface area contributed by atoms with Crippen molar-refractivity contribution in [3.8, 4) is 0 Å². The van der Waals surface area contributed by atoms with Crippen molar-refractivity contribution in [1.82, 2.24) is 0 Å². The summed E-state index contributed by atoms with van der Waals surface area (Å²) < 4.78 is 0. The predicted molar refractivity (Wildman–Crippen MR) is 73.9 cm³/mol. The molecule has 0 bridgehead atoms. The highest BCUT2D eigenvalue weighted by Crippen LogP contribution is 2.20. The largest absolute Gasteiger partial charge is 0.0836 e. The molecule has 0 saturated heterocycles. The molecule has 0 heterocycles. The van der Waals surface area contributed by atoms with E-state index in [9.17, 15) is 0 Å². The van der Waals surface area contributed by atoms with Crippen LogP contribution in [0, 0.1) is 0 Å². The third kappa shape index (κ3) is 1.18. The molecule has 0 saturated carbocycles. The third-order valence-electron chi connectivity index (χ3n) is 3.97. The minimum absolute atomic E-state index is 1.09. The zero-order valence-corrected chi connectivity index (χ0v) is 9.74. The number of fused-ring (bicyclic) bond motifs is 6. The van der Waals surface area contributed by atoms with Crippen LogP contribution in [0.3, 0.4) is 0 Å². The summed E-state index contributed by atoms with van der Waals surface area (Å²) in [6.45, 7) is 0. The van der Waals surface area contributed by atoms with Gasteiger partial charge in [0.1, 0.15) is 0 Å². The zero-order valence-electron chi connectivity index (χ0n) is 9.74. The van der Waals surface area contributed by atoms with E-state index in [1.807, 2.05) is 0 Å². The fraction of sp³-hybridized carbons (Fsp3) is 0.176. The monoisotopic (exact) mass is 218 g/mol. The molecule has 0 nitrogen and oxygen atoms in total. The third-order valence-corrected chi connectivity index (χ3v) is 3.97. The lowest BCUT2D eigenvalue weighted by molar-refractivity contribution is 0.959. The molecule has 0 fully saturated rings. The predicted octanol–water partition coefficient (Wildman–Crippen LogP) is 2.35. The van der Waals surface area contributed by atoms with Crippen molar-refractivity contribution in [2.75, 3.05) is 0 Å². The summed E-state index contributed by atoms with van der Waals surface area (Å²) >= 11 is 0. The smallest absolute Gasteiger partial charge is 0.00821 e. The Morgan fingerprint density at radius 1 is 0.765 bits per heavy atom. The van der Waals surface area contributed by atoms with E-state index in [1.54, 1.807) is 5.56 Å². The minimum atomic E-state index is 1.09. The first-order valence-corrected chi connectivity index (χ1v) is 6.34. The van der Waals surface area contributed by atoms with Gasteiger partial charge < -0.3 is 0 Å². The van der Waals surface area contributed by atoms with E-state index in [0.717, 1.165) is 6.42 Å². The van der Waals surface area contributed by atoms with Crippen molar-refractivity contribution in [3.63, 3.8) is 0 Å². The van der Waals surface area contributed by atoms with Crippen LogP contribution in [-0.2, 0) is 12.8 Å². The highest BCUT2D eigenvalue weighted by atomic mass is 14.2. The van der Waals surface area contributed by atoms with Crippen molar-refractivity contribution >= 4 is 24.3 Å². The molecule has 1 aromatic rings. The van der Waals surface area contributed by atoms with Gasteiger partial charge in [-0.3, -0.25) is 0 Å². The molecule has 0 N–H and O–H groups in total. The van der Waals surface area contributed by atoms with Crippen molar-refractivity contribution in [1.29, 1.82) is 0 Å². The van der Waals surface area contributed by atoms with Crippen LogP contribution in [0.1, 0.15) is 28.7 Å². The molecule has 3 aliphatic rings. The Labute approximate surface area is 101 Å². The lowest BCUT2D eigenvalue weighted by Gasteiger charge is -2.18. The quantitative estimate of drug-likeness (QED) is 0.627. The maximum absolute atomic E-state index is 2.31. The molecule has 0 spiro atoms. The van der Waals surface area contributed by atoms with E-state index < -0.39 is 0 Å². The van der Waals surface area contributed by atoms with E-state index in [0.29, 0.717) is 0 Å². The van der Waals surface area contributed by atoms with E-state index in [1.165, 1.54) is 40.0 Å². The van der Waals surface area contributed by atoms with Crippen LogP contribution in [0.5, 0.6) is 0 Å². The summed E-state index contributed by atoms with van der Waals surface area (Å²) in [5.74, 6) is 0. The van der Waals surface area contributed by atoms with E-state index >= 15 is 0 Å². The van der Waals surface area contributed by atoms with Crippen molar-refractivity contribution in [3.05, 3.63) is 57.0 Å². The van der Waals surface area contributed by atoms with Gasteiger partial charge in [-0.1, -0.05) is 48.6 Å². The molecule has 0 aliphatic heterocycles. The molecule has 3 aliphatic carbocycles. The second kappa shape index (κ2) is 3.33. The topological polar surface area (TPSA) is 0 Å². The fourth-order valence-corrected chi connectivity index (χ4v) is 3.21. The first-order chi connectivity index (χ1) is 8.45. The number of benzene rings is 1.